The number of hydrogen-bond acceptors (Lipinski definition) is 3. The van der Waals surface area contributed by atoms with Gasteiger partial charge in [0.2, 0.25) is 5.91 Å². The van der Waals surface area contributed by atoms with Gasteiger partial charge >= 0.3 is 0 Å². The number of hydrogen-bond donors (Lipinski definition) is 1. The molecule has 0 bridgehead atoms. The summed E-state index contributed by atoms with van der Waals surface area (Å²) < 4.78 is 5.96. The maximum atomic E-state index is 12.7. The second kappa shape index (κ2) is 6.92. The molecule has 3 aromatic rings. The van der Waals surface area contributed by atoms with Crippen molar-refractivity contribution < 1.29 is 9.21 Å². The van der Waals surface area contributed by atoms with E-state index in [1.807, 2.05) is 36.4 Å². The minimum atomic E-state index is -0.282. The van der Waals surface area contributed by atoms with Crippen LogP contribution in [0.3, 0.4) is 0 Å². The highest BCUT2D eigenvalue weighted by atomic mass is 79.9. The predicted octanol–water partition coefficient (Wildman–Crippen LogP) is 4.50. The first-order valence-electron chi connectivity index (χ1n) is 8.39. The molecule has 0 aliphatic heterocycles. The SMILES string of the molecule is O=C(NN=Cc1ccc(Br)o1)C1CC1(c1ccccc1)c1ccccc1. The molecule has 1 amide bonds. The molecule has 1 N–H and O–H groups in total. The van der Waals surface area contributed by atoms with Crippen molar-refractivity contribution in [2.75, 3.05) is 0 Å². The van der Waals surface area contributed by atoms with E-state index in [0.717, 1.165) is 17.5 Å². The van der Waals surface area contributed by atoms with Crippen LogP contribution in [0.15, 0.2) is 87.0 Å². The van der Waals surface area contributed by atoms with Gasteiger partial charge in [0.25, 0.3) is 0 Å². The molecule has 1 aliphatic rings. The summed E-state index contributed by atoms with van der Waals surface area (Å²) in [6.07, 6.45) is 2.27. The van der Waals surface area contributed by atoms with E-state index in [-0.39, 0.29) is 17.2 Å². The molecular weight excluding hydrogens is 392 g/mol. The summed E-state index contributed by atoms with van der Waals surface area (Å²) in [6.45, 7) is 0. The van der Waals surface area contributed by atoms with Crippen molar-refractivity contribution in [1.82, 2.24) is 5.43 Å². The number of carbonyl (C=O) groups excluding carboxylic acids is 1. The van der Waals surface area contributed by atoms with E-state index in [2.05, 4.69) is 50.7 Å². The summed E-state index contributed by atoms with van der Waals surface area (Å²) in [4.78, 5) is 12.7. The molecule has 4 nitrogen and oxygen atoms in total. The van der Waals surface area contributed by atoms with E-state index in [0.29, 0.717) is 10.4 Å². The number of furan rings is 1. The number of nitrogens with zero attached hydrogens (tertiary/aromatic N) is 1. The van der Waals surface area contributed by atoms with E-state index >= 15 is 0 Å². The molecule has 1 aliphatic carbocycles. The van der Waals surface area contributed by atoms with Crippen molar-refractivity contribution in [3.05, 3.63) is 94.4 Å². The molecule has 4 rings (SSSR count). The quantitative estimate of drug-likeness (QED) is 0.499. The molecule has 5 heteroatoms. The van der Waals surface area contributed by atoms with E-state index in [4.69, 9.17) is 4.42 Å². The minimum absolute atomic E-state index is 0.0837. The molecule has 1 unspecified atom stereocenters. The van der Waals surface area contributed by atoms with E-state index in [9.17, 15) is 4.79 Å². The van der Waals surface area contributed by atoms with Crippen molar-refractivity contribution >= 4 is 28.1 Å². The molecule has 1 atom stereocenters. The van der Waals surface area contributed by atoms with Crippen molar-refractivity contribution in [3.63, 3.8) is 0 Å². The maximum Gasteiger partial charge on any atom is 0.244 e. The summed E-state index contributed by atoms with van der Waals surface area (Å²) in [7, 11) is 0. The summed E-state index contributed by atoms with van der Waals surface area (Å²) in [5.74, 6) is 0.345. The van der Waals surface area contributed by atoms with Gasteiger partial charge in [0.1, 0.15) is 5.76 Å². The zero-order valence-electron chi connectivity index (χ0n) is 13.9. The molecule has 1 fully saturated rings. The Morgan fingerprint density at radius 2 is 1.65 bits per heavy atom. The van der Waals surface area contributed by atoms with Gasteiger partial charge in [-0.1, -0.05) is 60.7 Å². The molecule has 0 radical (unpaired) electrons. The number of amides is 1. The molecular formula is C21H17BrN2O2. The fraction of sp³-hybridized carbons (Fsp3) is 0.143. The zero-order chi connectivity index (χ0) is 18.0. The monoisotopic (exact) mass is 408 g/mol. The summed E-state index contributed by atoms with van der Waals surface area (Å²) in [5, 5.41) is 4.03. The van der Waals surface area contributed by atoms with Crippen molar-refractivity contribution in [3.8, 4) is 0 Å². The third-order valence-corrected chi connectivity index (χ3v) is 5.24. The number of carbonyl (C=O) groups is 1. The standard InChI is InChI=1S/C21H17BrN2O2/c22-19-12-11-17(26-19)14-23-24-20(25)18-13-21(18,15-7-3-1-4-8-15)16-9-5-2-6-10-16/h1-12,14,18H,13H2,(H,24,25). The Hall–Kier alpha value is -2.66. The number of benzene rings is 2. The van der Waals surface area contributed by atoms with Crippen molar-refractivity contribution in [1.29, 1.82) is 0 Å². The van der Waals surface area contributed by atoms with Crippen LogP contribution in [0.4, 0.5) is 0 Å². The minimum Gasteiger partial charge on any atom is -0.448 e. The predicted molar refractivity (Wildman–Crippen MR) is 104 cm³/mol. The van der Waals surface area contributed by atoms with Crippen molar-refractivity contribution in [2.45, 2.75) is 11.8 Å². The van der Waals surface area contributed by atoms with E-state index in [1.54, 1.807) is 12.1 Å². The average molecular weight is 409 g/mol. The normalized spacial score (nSPS) is 18.0. The van der Waals surface area contributed by atoms with Gasteiger partial charge in [-0.3, -0.25) is 4.79 Å². The molecule has 1 heterocycles. The van der Waals surface area contributed by atoms with Crippen LogP contribution >= 0.6 is 15.9 Å². The van der Waals surface area contributed by atoms with Crippen LogP contribution in [-0.2, 0) is 10.2 Å². The lowest BCUT2D eigenvalue weighted by Gasteiger charge is -2.18. The number of rotatable bonds is 5. The lowest BCUT2D eigenvalue weighted by molar-refractivity contribution is -0.122. The Labute approximate surface area is 160 Å². The molecule has 130 valence electrons. The lowest BCUT2D eigenvalue weighted by Crippen LogP contribution is -2.25. The topological polar surface area (TPSA) is 54.6 Å². The van der Waals surface area contributed by atoms with Gasteiger partial charge in [0.05, 0.1) is 12.1 Å². The molecule has 0 spiro atoms. The summed E-state index contributed by atoms with van der Waals surface area (Å²) in [5.41, 5.74) is 4.69. The Morgan fingerprint density at radius 3 is 2.19 bits per heavy atom. The van der Waals surface area contributed by atoms with Gasteiger partial charge in [-0.25, -0.2) is 5.43 Å². The summed E-state index contributed by atoms with van der Waals surface area (Å²) >= 11 is 3.24. The first-order chi connectivity index (χ1) is 12.7. The third kappa shape index (κ3) is 3.10. The second-order valence-electron chi connectivity index (χ2n) is 6.34. The Kier molecular flexibility index (Phi) is 4.47. The molecule has 2 aromatic carbocycles. The molecule has 26 heavy (non-hydrogen) atoms. The van der Waals surface area contributed by atoms with Gasteiger partial charge < -0.3 is 4.42 Å². The Bertz CT molecular complexity index is 895. The van der Waals surface area contributed by atoms with Crippen LogP contribution in [0.5, 0.6) is 0 Å². The number of halogens is 1. The Balaban J connectivity index is 1.55. The van der Waals surface area contributed by atoms with Gasteiger partial charge in [-0.2, -0.15) is 5.10 Å². The number of nitrogens with one attached hydrogen (secondary N) is 1. The second-order valence-corrected chi connectivity index (χ2v) is 7.12. The van der Waals surface area contributed by atoms with Gasteiger partial charge in [-0.15, -0.1) is 0 Å². The van der Waals surface area contributed by atoms with Gasteiger partial charge in [0, 0.05) is 5.41 Å². The lowest BCUT2D eigenvalue weighted by atomic mass is 9.85. The van der Waals surface area contributed by atoms with Crippen LogP contribution in [0.1, 0.15) is 23.3 Å². The number of hydrazone groups is 1. The highest BCUT2D eigenvalue weighted by Gasteiger charge is 2.60. The first kappa shape index (κ1) is 16.8. The largest absolute Gasteiger partial charge is 0.448 e. The van der Waals surface area contributed by atoms with Crippen LogP contribution in [0.2, 0.25) is 0 Å². The Morgan fingerprint density at radius 1 is 1.04 bits per heavy atom. The van der Waals surface area contributed by atoms with E-state index < -0.39 is 0 Å². The fourth-order valence-corrected chi connectivity index (χ4v) is 3.81. The van der Waals surface area contributed by atoms with E-state index in [1.165, 1.54) is 6.21 Å². The fourth-order valence-electron chi connectivity index (χ4n) is 3.49. The van der Waals surface area contributed by atoms with Gasteiger partial charge in [0.15, 0.2) is 4.67 Å². The average Bonchev–Trinajstić information content (AvgIpc) is 3.32. The smallest absolute Gasteiger partial charge is 0.244 e. The first-order valence-corrected chi connectivity index (χ1v) is 9.19. The third-order valence-electron chi connectivity index (χ3n) is 4.82. The maximum absolute atomic E-state index is 12.7. The van der Waals surface area contributed by atoms with Crippen LogP contribution in [0, 0.1) is 5.92 Å². The van der Waals surface area contributed by atoms with Crippen molar-refractivity contribution in [2.24, 2.45) is 11.0 Å². The molecule has 0 saturated heterocycles. The summed E-state index contributed by atoms with van der Waals surface area (Å²) in [6, 6.07) is 23.9. The van der Waals surface area contributed by atoms with Gasteiger partial charge in [-0.05, 0) is 45.6 Å². The zero-order valence-corrected chi connectivity index (χ0v) is 15.5. The van der Waals surface area contributed by atoms with Crippen LogP contribution in [0.25, 0.3) is 0 Å². The molecule has 1 saturated carbocycles. The van der Waals surface area contributed by atoms with Crippen LogP contribution < -0.4 is 5.43 Å². The van der Waals surface area contributed by atoms with Crippen LogP contribution in [-0.4, -0.2) is 12.1 Å². The highest BCUT2D eigenvalue weighted by Crippen LogP contribution is 2.58. The highest BCUT2D eigenvalue weighted by molar-refractivity contribution is 9.10. The molecule has 1 aromatic heterocycles.